The first-order valence-corrected chi connectivity index (χ1v) is 12.3. The maximum Gasteiger partial charge on any atom is 0.242 e. The lowest BCUT2D eigenvalue weighted by atomic mass is 10.1. The number of aromatic nitrogens is 2. The molecule has 0 spiro atoms. The first-order chi connectivity index (χ1) is 16.9. The van der Waals surface area contributed by atoms with Crippen LogP contribution >= 0.6 is 0 Å². The molecule has 0 radical (unpaired) electrons. The molecule has 188 valence electrons. The van der Waals surface area contributed by atoms with Crippen LogP contribution in [0.1, 0.15) is 33.1 Å². The quantitative estimate of drug-likeness (QED) is 0.573. The standard InChI is InChI=1S/C26H35N5O4/c1-18(2)31(26(33)19-6-7-19)17-25(32)30-13-5-12-29(14-15-30)24-11-9-21(27-28-24)20-8-10-22(34-3)23(16-20)35-4/h8-11,16,18-19H,5-7,12-15,17H2,1-4H3. The second-order valence-corrected chi connectivity index (χ2v) is 9.40. The molecule has 9 heteroatoms. The van der Waals surface area contributed by atoms with Crippen LogP contribution in [0.25, 0.3) is 11.3 Å². The Bertz CT molecular complexity index is 1040. The summed E-state index contributed by atoms with van der Waals surface area (Å²) in [5.74, 6) is 2.35. The van der Waals surface area contributed by atoms with Crippen molar-refractivity contribution in [3.8, 4) is 22.8 Å². The van der Waals surface area contributed by atoms with Gasteiger partial charge in [-0.05, 0) is 63.4 Å². The van der Waals surface area contributed by atoms with Gasteiger partial charge in [-0.15, -0.1) is 10.2 Å². The molecule has 1 saturated carbocycles. The molecule has 0 unspecified atom stereocenters. The summed E-state index contributed by atoms with van der Waals surface area (Å²) < 4.78 is 10.7. The number of rotatable bonds is 8. The van der Waals surface area contributed by atoms with Crippen LogP contribution in [0.3, 0.4) is 0 Å². The summed E-state index contributed by atoms with van der Waals surface area (Å²) in [5, 5.41) is 8.88. The van der Waals surface area contributed by atoms with Gasteiger partial charge in [0.25, 0.3) is 0 Å². The number of ether oxygens (including phenoxy) is 2. The molecule has 2 amide bonds. The highest BCUT2D eigenvalue weighted by atomic mass is 16.5. The molecule has 1 aromatic heterocycles. The summed E-state index contributed by atoms with van der Waals surface area (Å²) in [4.78, 5) is 31.4. The second-order valence-electron chi connectivity index (χ2n) is 9.40. The van der Waals surface area contributed by atoms with E-state index < -0.39 is 0 Å². The van der Waals surface area contributed by atoms with E-state index in [-0.39, 0.29) is 30.3 Å². The Morgan fingerprint density at radius 3 is 2.40 bits per heavy atom. The maximum atomic E-state index is 13.0. The van der Waals surface area contributed by atoms with Gasteiger partial charge in [0, 0.05) is 43.7 Å². The van der Waals surface area contributed by atoms with Gasteiger partial charge in [0.15, 0.2) is 17.3 Å². The fourth-order valence-corrected chi connectivity index (χ4v) is 4.36. The molecule has 2 heterocycles. The zero-order valence-corrected chi connectivity index (χ0v) is 21.1. The smallest absolute Gasteiger partial charge is 0.242 e. The lowest BCUT2D eigenvalue weighted by Gasteiger charge is -2.29. The third-order valence-electron chi connectivity index (χ3n) is 6.64. The van der Waals surface area contributed by atoms with E-state index in [4.69, 9.17) is 9.47 Å². The highest BCUT2D eigenvalue weighted by Gasteiger charge is 2.35. The fourth-order valence-electron chi connectivity index (χ4n) is 4.36. The van der Waals surface area contributed by atoms with Gasteiger partial charge in [0.2, 0.25) is 11.8 Å². The van der Waals surface area contributed by atoms with Crippen LogP contribution in [-0.4, -0.2) is 84.8 Å². The van der Waals surface area contributed by atoms with Crippen LogP contribution in [0.2, 0.25) is 0 Å². The molecular formula is C26H35N5O4. The first-order valence-electron chi connectivity index (χ1n) is 12.3. The number of hydrogen-bond donors (Lipinski definition) is 0. The molecule has 2 aliphatic rings. The van der Waals surface area contributed by atoms with Gasteiger partial charge < -0.3 is 24.2 Å². The Labute approximate surface area is 207 Å². The Kier molecular flexibility index (Phi) is 7.73. The molecular weight excluding hydrogens is 446 g/mol. The third kappa shape index (κ3) is 5.83. The fraction of sp³-hybridized carbons (Fsp3) is 0.538. The van der Waals surface area contributed by atoms with Gasteiger partial charge in [0.1, 0.15) is 0 Å². The van der Waals surface area contributed by atoms with E-state index in [0.29, 0.717) is 31.1 Å². The van der Waals surface area contributed by atoms with Gasteiger partial charge in [-0.3, -0.25) is 9.59 Å². The molecule has 1 saturated heterocycles. The van der Waals surface area contributed by atoms with Crippen LogP contribution in [0.4, 0.5) is 5.82 Å². The number of hydrogen-bond acceptors (Lipinski definition) is 7. The molecule has 0 atom stereocenters. The minimum atomic E-state index is 0.0180. The zero-order valence-electron chi connectivity index (χ0n) is 21.1. The lowest BCUT2D eigenvalue weighted by molar-refractivity contribution is -0.142. The van der Waals surface area contributed by atoms with E-state index in [1.54, 1.807) is 19.1 Å². The summed E-state index contributed by atoms with van der Waals surface area (Å²) in [6.45, 7) is 6.85. The summed E-state index contributed by atoms with van der Waals surface area (Å²) in [6, 6.07) is 9.59. The van der Waals surface area contributed by atoms with E-state index in [0.717, 1.165) is 42.9 Å². The number of carbonyl (C=O) groups excluding carboxylic acids is 2. The zero-order chi connectivity index (χ0) is 24.9. The maximum absolute atomic E-state index is 13.0. The summed E-state index contributed by atoms with van der Waals surface area (Å²) in [5.41, 5.74) is 1.64. The van der Waals surface area contributed by atoms with E-state index in [1.807, 2.05) is 49.1 Å². The number of nitrogens with zero attached hydrogens (tertiary/aromatic N) is 5. The van der Waals surface area contributed by atoms with Crippen LogP contribution in [-0.2, 0) is 9.59 Å². The lowest BCUT2D eigenvalue weighted by Crippen LogP contribution is -2.47. The second kappa shape index (κ2) is 10.9. The Hall–Kier alpha value is -3.36. The number of benzene rings is 1. The van der Waals surface area contributed by atoms with Crippen molar-refractivity contribution in [1.29, 1.82) is 0 Å². The van der Waals surface area contributed by atoms with Crippen molar-refractivity contribution in [3.05, 3.63) is 30.3 Å². The molecule has 1 aliphatic carbocycles. The normalized spacial score (nSPS) is 16.1. The number of carbonyl (C=O) groups is 2. The Morgan fingerprint density at radius 1 is 1.00 bits per heavy atom. The predicted octanol–water partition coefficient (Wildman–Crippen LogP) is 2.85. The average molecular weight is 482 g/mol. The third-order valence-corrected chi connectivity index (χ3v) is 6.64. The molecule has 1 aliphatic heterocycles. The van der Waals surface area contributed by atoms with Crippen molar-refractivity contribution in [2.45, 2.75) is 39.2 Å². The minimum absolute atomic E-state index is 0.0180. The summed E-state index contributed by atoms with van der Waals surface area (Å²) in [7, 11) is 3.21. The number of methoxy groups -OCH3 is 2. The van der Waals surface area contributed by atoms with Crippen molar-refractivity contribution >= 4 is 17.6 Å². The Balaban J connectivity index is 1.37. The van der Waals surface area contributed by atoms with Crippen molar-refractivity contribution in [2.75, 3.05) is 51.8 Å². The van der Waals surface area contributed by atoms with Crippen LogP contribution in [0.5, 0.6) is 11.5 Å². The largest absolute Gasteiger partial charge is 0.493 e. The van der Waals surface area contributed by atoms with E-state index in [9.17, 15) is 9.59 Å². The van der Waals surface area contributed by atoms with Crippen molar-refractivity contribution < 1.29 is 19.1 Å². The van der Waals surface area contributed by atoms with Crippen molar-refractivity contribution in [2.24, 2.45) is 5.92 Å². The molecule has 2 fully saturated rings. The van der Waals surface area contributed by atoms with E-state index in [2.05, 4.69) is 15.1 Å². The number of anilines is 1. The van der Waals surface area contributed by atoms with E-state index >= 15 is 0 Å². The molecule has 1 aromatic carbocycles. The highest BCUT2D eigenvalue weighted by molar-refractivity contribution is 5.87. The average Bonchev–Trinajstić information content (AvgIpc) is 3.73. The molecule has 35 heavy (non-hydrogen) atoms. The van der Waals surface area contributed by atoms with Gasteiger partial charge in [-0.25, -0.2) is 0 Å². The molecule has 2 aromatic rings. The van der Waals surface area contributed by atoms with E-state index in [1.165, 1.54) is 0 Å². The minimum Gasteiger partial charge on any atom is -0.493 e. The highest BCUT2D eigenvalue weighted by Crippen LogP contribution is 2.32. The van der Waals surface area contributed by atoms with Gasteiger partial charge in [0.05, 0.1) is 26.5 Å². The topological polar surface area (TPSA) is 88.1 Å². The molecule has 9 nitrogen and oxygen atoms in total. The van der Waals surface area contributed by atoms with Crippen molar-refractivity contribution in [3.63, 3.8) is 0 Å². The van der Waals surface area contributed by atoms with Crippen LogP contribution < -0.4 is 14.4 Å². The first kappa shape index (κ1) is 24.8. The number of amides is 2. The Morgan fingerprint density at radius 2 is 1.77 bits per heavy atom. The molecule has 4 rings (SSSR count). The van der Waals surface area contributed by atoms with Gasteiger partial charge in [-0.2, -0.15) is 0 Å². The van der Waals surface area contributed by atoms with Gasteiger partial charge >= 0.3 is 0 Å². The monoisotopic (exact) mass is 481 g/mol. The predicted molar refractivity (Wildman–Crippen MR) is 134 cm³/mol. The van der Waals surface area contributed by atoms with Crippen molar-refractivity contribution in [1.82, 2.24) is 20.0 Å². The van der Waals surface area contributed by atoms with Crippen LogP contribution in [0, 0.1) is 5.92 Å². The summed E-state index contributed by atoms with van der Waals surface area (Å²) in [6.07, 6.45) is 2.73. The SMILES string of the molecule is COc1ccc(-c2ccc(N3CCCN(C(=O)CN(C(=O)C4CC4)C(C)C)CC3)nn2)cc1OC. The molecule has 0 N–H and O–H groups in total. The van der Waals surface area contributed by atoms with Gasteiger partial charge in [-0.1, -0.05) is 0 Å². The van der Waals surface area contributed by atoms with Crippen LogP contribution in [0.15, 0.2) is 30.3 Å². The molecule has 0 bridgehead atoms. The summed E-state index contributed by atoms with van der Waals surface area (Å²) >= 11 is 0.